The van der Waals surface area contributed by atoms with E-state index < -0.39 is 11.8 Å². The smallest absolute Gasteiger partial charge is 0.271 e. The zero-order valence-corrected chi connectivity index (χ0v) is 15.8. The number of pyridine rings is 1. The van der Waals surface area contributed by atoms with Crippen LogP contribution in [0.25, 0.3) is 0 Å². The number of hydrogen-bond donors (Lipinski definition) is 2. The average molecular weight is 389 g/mol. The van der Waals surface area contributed by atoms with E-state index in [0.29, 0.717) is 47.6 Å². The lowest BCUT2D eigenvalue weighted by molar-refractivity contribution is -0.116. The van der Waals surface area contributed by atoms with Crippen molar-refractivity contribution in [1.82, 2.24) is 15.4 Å². The maximum atomic E-state index is 12.9. The van der Waals surface area contributed by atoms with Crippen molar-refractivity contribution in [2.75, 3.05) is 0 Å². The number of hydrogen-bond acceptors (Lipinski definition) is 7. The number of allylic oxidation sites excluding steroid dienone is 3. The van der Waals surface area contributed by atoms with E-state index >= 15 is 0 Å². The molecule has 1 aliphatic heterocycles. The van der Waals surface area contributed by atoms with Crippen molar-refractivity contribution in [3.05, 3.63) is 76.4 Å². The summed E-state index contributed by atoms with van der Waals surface area (Å²) in [6.07, 6.45) is 4.55. The second-order valence-electron chi connectivity index (χ2n) is 6.95. The molecule has 4 rings (SSSR count). The first-order chi connectivity index (χ1) is 14.0. The highest BCUT2D eigenvalue weighted by Crippen LogP contribution is 2.44. The Balaban J connectivity index is 1.81. The standard InChI is InChI=1S/C21H19N5O3/c1-12-7-8-17(29-12)18-14(10-22)20(23)26(15-5-2-6-16(27)19(15)18)25-21(28)13-4-3-9-24-11-13/h3-4,7-9,11,18H,2,5-6,23H2,1H3,(H,25,28). The number of Topliss-reactive ketones (excluding diaryl/α,β-unsaturated/α-hetero) is 1. The molecule has 1 aliphatic carbocycles. The highest BCUT2D eigenvalue weighted by Gasteiger charge is 2.41. The molecule has 1 amide bonds. The summed E-state index contributed by atoms with van der Waals surface area (Å²) in [6.45, 7) is 1.80. The normalized spacial score (nSPS) is 19.1. The molecule has 2 aliphatic rings. The SMILES string of the molecule is Cc1ccc(C2C(C#N)=C(N)N(NC(=O)c3cccnc3)C3=C2C(=O)CCC3)o1. The third kappa shape index (κ3) is 3.17. The van der Waals surface area contributed by atoms with Crippen LogP contribution in [0.3, 0.4) is 0 Å². The highest BCUT2D eigenvalue weighted by molar-refractivity contribution is 6.00. The van der Waals surface area contributed by atoms with Crippen LogP contribution in [-0.4, -0.2) is 21.7 Å². The minimum atomic E-state index is -0.678. The molecule has 1 atom stereocenters. The van der Waals surface area contributed by atoms with Gasteiger partial charge in [-0.05, 0) is 44.0 Å². The lowest BCUT2D eigenvalue weighted by Crippen LogP contribution is -2.48. The van der Waals surface area contributed by atoms with Crippen LogP contribution in [0.4, 0.5) is 0 Å². The fourth-order valence-corrected chi connectivity index (χ4v) is 3.77. The van der Waals surface area contributed by atoms with Gasteiger partial charge in [0.2, 0.25) is 0 Å². The van der Waals surface area contributed by atoms with E-state index in [1.165, 1.54) is 11.2 Å². The van der Waals surface area contributed by atoms with E-state index in [2.05, 4.69) is 16.5 Å². The van der Waals surface area contributed by atoms with Gasteiger partial charge in [-0.3, -0.25) is 20.0 Å². The zero-order valence-electron chi connectivity index (χ0n) is 15.8. The number of hydrazine groups is 1. The quantitative estimate of drug-likeness (QED) is 0.826. The number of nitrogens with zero attached hydrogens (tertiary/aromatic N) is 3. The molecule has 3 N–H and O–H groups in total. The van der Waals surface area contributed by atoms with Crippen LogP contribution in [0.2, 0.25) is 0 Å². The van der Waals surface area contributed by atoms with Crippen molar-refractivity contribution in [3.8, 4) is 6.07 Å². The largest absolute Gasteiger partial charge is 0.465 e. The number of nitrogens with one attached hydrogen (secondary N) is 1. The van der Waals surface area contributed by atoms with E-state index in [4.69, 9.17) is 10.2 Å². The van der Waals surface area contributed by atoms with Crippen molar-refractivity contribution in [2.45, 2.75) is 32.1 Å². The Morgan fingerprint density at radius 1 is 1.38 bits per heavy atom. The molecule has 0 saturated heterocycles. The van der Waals surface area contributed by atoms with E-state index in [9.17, 15) is 14.9 Å². The minimum Gasteiger partial charge on any atom is -0.465 e. The summed E-state index contributed by atoms with van der Waals surface area (Å²) >= 11 is 0. The molecule has 0 radical (unpaired) electrons. The Bertz CT molecular complexity index is 1090. The number of carbonyl (C=O) groups excluding carboxylic acids is 2. The highest BCUT2D eigenvalue weighted by atomic mass is 16.3. The van der Waals surface area contributed by atoms with E-state index in [1.807, 2.05) is 0 Å². The van der Waals surface area contributed by atoms with Gasteiger partial charge in [0.25, 0.3) is 5.91 Å². The van der Waals surface area contributed by atoms with E-state index in [1.54, 1.807) is 37.4 Å². The van der Waals surface area contributed by atoms with Gasteiger partial charge in [-0.15, -0.1) is 0 Å². The molecule has 29 heavy (non-hydrogen) atoms. The lowest BCUT2D eigenvalue weighted by Gasteiger charge is -2.38. The molecule has 3 heterocycles. The minimum absolute atomic E-state index is 0.0776. The van der Waals surface area contributed by atoms with Gasteiger partial charge in [0.05, 0.1) is 28.8 Å². The predicted molar refractivity (Wildman–Crippen MR) is 102 cm³/mol. The molecule has 2 aromatic heterocycles. The van der Waals surface area contributed by atoms with Gasteiger partial charge in [-0.2, -0.15) is 5.26 Å². The van der Waals surface area contributed by atoms with Crippen molar-refractivity contribution < 1.29 is 14.0 Å². The van der Waals surface area contributed by atoms with Gasteiger partial charge >= 0.3 is 0 Å². The molecule has 2 aromatic rings. The third-order valence-corrected chi connectivity index (χ3v) is 5.10. The van der Waals surface area contributed by atoms with Crippen molar-refractivity contribution in [3.63, 3.8) is 0 Å². The molecule has 0 fully saturated rings. The molecule has 0 spiro atoms. The summed E-state index contributed by atoms with van der Waals surface area (Å²) < 4.78 is 5.75. The number of ketones is 1. The number of nitriles is 1. The number of rotatable bonds is 3. The van der Waals surface area contributed by atoms with Crippen LogP contribution in [0, 0.1) is 18.3 Å². The van der Waals surface area contributed by atoms with Gasteiger partial charge in [0, 0.05) is 24.4 Å². The maximum Gasteiger partial charge on any atom is 0.271 e. The molecule has 0 aromatic carbocycles. The Kier molecular flexibility index (Phi) is 4.64. The van der Waals surface area contributed by atoms with E-state index in [-0.39, 0.29) is 17.2 Å². The zero-order chi connectivity index (χ0) is 20.5. The fourth-order valence-electron chi connectivity index (χ4n) is 3.77. The Morgan fingerprint density at radius 2 is 2.21 bits per heavy atom. The summed E-state index contributed by atoms with van der Waals surface area (Å²) in [4.78, 5) is 29.5. The van der Waals surface area contributed by atoms with Gasteiger partial charge in [-0.1, -0.05) is 0 Å². The molecule has 0 bridgehead atoms. The second-order valence-corrected chi connectivity index (χ2v) is 6.95. The third-order valence-electron chi connectivity index (χ3n) is 5.10. The van der Waals surface area contributed by atoms with Crippen LogP contribution in [-0.2, 0) is 4.79 Å². The molecular weight excluding hydrogens is 370 g/mol. The molecule has 8 nitrogen and oxygen atoms in total. The Hall–Kier alpha value is -3.86. The maximum absolute atomic E-state index is 12.9. The van der Waals surface area contributed by atoms with Crippen LogP contribution in [0.15, 0.2) is 63.7 Å². The summed E-state index contributed by atoms with van der Waals surface area (Å²) in [5.74, 6) is 0.0542. The molecule has 1 unspecified atom stereocenters. The van der Waals surface area contributed by atoms with Gasteiger partial charge in [-0.25, -0.2) is 5.01 Å². The summed E-state index contributed by atoms with van der Waals surface area (Å²) in [7, 11) is 0. The predicted octanol–water partition coefficient (Wildman–Crippen LogP) is 2.43. The van der Waals surface area contributed by atoms with Crippen molar-refractivity contribution in [1.29, 1.82) is 5.26 Å². The lowest BCUT2D eigenvalue weighted by atomic mass is 9.78. The fraction of sp³-hybridized carbons (Fsp3) is 0.238. The summed E-state index contributed by atoms with van der Waals surface area (Å²) in [5, 5.41) is 11.2. The summed E-state index contributed by atoms with van der Waals surface area (Å²) in [6, 6.07) is 8.91. The van der Waals surface area contributed by atoms with Crippen LogP contribution in [0.1, 0.15) is 47.1 Å². The van der Waals surface area contributed by atoms with Gasteiger partial charge in [0.1, 0.15) is 17.3 Å². The Morgan fingerprint density at radius 3 is 2.86 bits per heavy atom. The second kappa shape index (κ2) is 7.28. The molecule has 146 valence electrons. The van der Waals surface area contributed by atoms with E-state index in [0.717, 1.165) is 0 Å². The number of aryl methyl sites for hydroxylation is 1. The van der Waals surface area contributed by atoms with Gasteiger partial charge < -0.3 is 10.2 Å². The molecule has 0 saturated carbocycles. The van der Waals surface area contributed by atoms with Gasteiger partial charge in [0.15, 0.2) is 5.78 Å². The number of aromatic nitrogens is 1. The molecular formula is C21H19N5O3. The monoisotopic (exact) mass is 389 g/mol. The first-order valence-electron chi connectivity index (χ1n) is 9.24. The molecule has 8 heteroatoms. The summed E-state index contributed by atoms with van der Waals surface area (Å²) in [5.41, 5.74) is 10.6. The number of amides is 1. The topological polar surface area (TPSA) is 125 Å². The number of nitrogens with two attached hydrogens (primary N) is 1. The first-order valence-corrected chi connectivity index (χ1v) is 9.24. The van der Waals surface area contributed by atoms with Crippen LogP contribution in [0.5, 0.6) is 0 Å². The van der Waals surface area contributed by atoms with Crippen LogP contribution >= 0.6 is 0 Å². The number of carbonyl (C=O) groups is 2. The van der Waals surface area contributed by atoms with Crippen molar-refractivity contribution >= 4 is 11.7 Å². The first kappa shape index (κ1) is 18.5. The van der Waals surface area contributed by atoms with Crippen molar-refractivity contribution in [2.24, 2.45) is 5.73 Å². The van der Waals surface area contributed by atoms with Crippen LogP contribution < -0.4 is 11.2 Å². The Labute approximate surface area is 167 Å². The average Bonchev–Trinajstić information content (AvgIpc) is 3.16. The number of furan rings is 1.